The third-order valence-electron chi connectivity index (χ3n) is 5.16. The predicted molar refractivity (Wildman–Crippen MR) is 133 cm³/mol. The van der Waals surface area contributed by atoms with E-state index in [0.717, 1.165) is 6.07 Å². The van der Waals surface area contributed by atoms with Gasteiger partial charge in [0.1, 0.15) is 17.4 Å². The van der Waals surface area contributed by atoms with Gasteiger partial charge in [-0.2, -0.15) is 15.5 Å². The van der Waals surface area contributed by atoms with Gasteiger partial charge in [-0.1, -0.05) is 6.92 Å². The van der Waals surface area contributed by atoms with Gasteiger partial charge in [0.15, 0.2) is 17.5 Å². The summed E-state index contributed by atoms with van der Waals surface area (Å²) in [5.41, 5.74) is 1.23. The van der Waals surface area contributed by atoms with E-state index >= 15 is 0 Å². The third-order valence-corrected chi connectivity index (χ3v) is 5.16. The van der Waals surface area contributed by atoms with E-state index in [4.69, 9.17) is 4.74 Å². The molecule has 3 aromatic heterocycles. The fraction of sp³-hybridized carbons (Fsp3) is 0.417. The molecule has 0 aliphatic rings. The minimum Gasteiger partial charge on any atom is -0.444 e. The van der Waals surface area contributed by atoms with Gasteiger partial charge < -0.3 is 20.7 Å². The molecule has 12 heteroatoms. The number of aromatic nitrogens is 5. The van der Waals surface area contributed by atoms with Crippen LogP contribution in [0.25, 0.3) is 5.69 Å². The van der Waals surface area contributed by atoms with Crippen LogP contribution in [-0.4, -0.2) is 48.7 Å². The van der Waals surface area contributed by atoms with Gasteiger partial charge in [-0.05, 0) is 53.2 Å². The van der Waals surface area contributed by atoms with Crippen molar-refractivity contribution >= 4 is 23.4 Å². The standard InChI is InChI=1S/C24H30FN9O2/c1-7-19(32-23(35)36-24(4,5)6)14(2)30-22-18(25)10-16(12-26)21(33-22)31-17-11-20(15(3)27-13-17)34-28-8-9-29-34/h8-11,13-14,19H,7H2,1-6H3,(H,32,35)(H2,30,31,33)/t14-,19+/m1/s1. The molecule has 190 valence electrons. The van der Waals surface area contributed by atoms with E-state index in [1.807, 2.05) is 19.9 Å². The molecule has 0 unspecified atom stereocenters. The maximum absolute atomic E-state index is 14.8. The summed E-state index contributed by atoms with van der Waals surface area (Å²) >= 11 is 0. The number of ether oxygens (including phenoxy) is 1. The Morgan fingerprint density at radius 3 is 2.56 bits per heavy atom. The van der Waals surface area contributed by atoms with Gasteiger partial charge in [-0.25, -0.2) is 14.2 Å². The molecule has 0 aliphatic carbocycles. The molecule has 0 saturated carbocycles. The number of alkyl carbamates (subject to hydrolysis) is 1. The Hall–Kier alpha value is -4.27. The molecule has 0 aromatic carbocycles. The fourth-order valence-corrected chi connectivity index (χ4v) is 3.40. The monoisotopic (exact) mass is 495 g/mol. The Kier molecular flexibility index (Phi) is 8.03. The van der Waals surface area contributed by atoms with E-state index in [1.165, 1.54) is 4.80 Å². The number of hydrogen-bond donors (Lipinski definition) is 3. The van der Waals surface area contributed by atoms with E-state index < -0.39 is 23.6 Å². The smallest absolute Gasteiger partial charge is 0.407 e. The van der Waals surface area contributed by atoms with Crippen molar-refractivity contribution in [3.8, 4) is 11.8 Å². The first kappa shape index (κ1) is 26.3. The molecule has 2 atom stereocenters. The van der Waals surface area contributed by atoms with Gasteiger partial charge in [0.05, 0.1) is 41.6 Å². The van der Waals surface area contributed by atoms with Gasteiger partial charge in [0, 0.05) is 6.04 Å². The maximum Gasteiger partial charge on any atom is 0.407 e. The molecule has 3 heterocycles. The van der Waals surface area contributed by atoms with Crippen LogP contribution in [0.15, 0.2) is 30.7 Å². The third kappa shape index (κ3) is 6.65. The van der Waals surface area contributed by atoms with Crippen LogP contribution in [-0.2, 0) is 4.74 Å². The first-order valence-corrected chi connectivity index (χ1v) is 11.5. The number of carbonyl (C=O) groups excluding carboxylic acids is 1. The summed E-state index contributed by atoms with van der Waals surface area (Å²) in [5, 5.41) is 26.6. The number of nitrogens with zero attached hydrogens (tertiary/aromatic N) is 6. The molecule has 0 fully saturated rings. The molecule has 3 N–H and O–H groups in total. The summed E-state index contributed by atoms with van der Waals surface area (Å²) < 4.78 is 20.1. The first-order valence-electron chi connectivity index (χ1n) is 11.5. The molecule has 0 saturated heterocycles. The second-order valence-electron chi connectivity index (χ2n) is 9.19. The Balaban J connectivity index is 1.83. The van der Waals surface area contributed by atoms with Crippen molar-refractivity contribution in [2.45, 2.75) is 65.6 Å². The molecule has 3 aromatic rings. The van der Waals surface area contributed by atoms with E-state index in [9.17, 15) is 14.4 Å². The van der Waals surface area contributed by atoms with Crippen molar-refractivity contribution < 1.29 is 13.9 Å². The van der Waals surface area contributed by atoms with Crippen molar-refractivity contribution in [3.05, 3.63) is 47.8 Å². The number of pyridine rings is 2. The summed E-state index contributed by atoms with van der Waals surface area (Å²) in [6.45, 7) is 10.8. The molecule has 3 rings (SSSR count). The summed E-state index contributed by atoms with van der Waals surface area (Å²) in [4.78, 5) is 22.3. The lowest BCUT2D eigenvalue weighted by Gasteiger charge is -2.27. The average Bonchev–Trinajstić information content (AvgIpc) is 3.34. The van der Waals surface area contributed by atoms with Crippen LogP contribution < -0.4 is 16.0 Å². The summed E-state index contributed by atoms with van der Waals surface area (Å²) in [7, 11) is 0. The largest absolute Gasteiger partial charge is 0.444 e. The van der Waals surface area contributed by atoms with Crippen LogP contribution in [0.3, 0.4) is 0 Å². The van der Waals surface area contributed by atoms with E-state index in [0.29, 0.717) is 23.5 Å². The van der Waals surface area contributed by atoms with Gasteiger partial charge >= 0.3 is 6.09 Å². The molecule has 0 bridgehead atoms. The lowest BCUT2D eigenvalue weighted by atomic mass is 10.1. The quantitative estimate of drug-likeness (QED) is 0.418. The molecular formula is C24H30FN9O2. The van der Waals surface area contributed by atoms with Crippen molar-refractivity contribution in [2.24, 2.45) is 0 Å². The van der Waals surface area contributed by atoms with E-state index in [2.05, 4.69) is 36.1 Å². The highest BCUT2D eigenvalue weighted by molar-refractivity contribution is 5.69. The SMILES string of the molecule is CC[C@H](NC(=O)OC(C)(C)C)[C@@H](C)Nc1nc(Nc2cnc(C)c(-n3nccn3)c2)c(C#N)cc1F. The van der Waals surface area contributed by atoms with Crippen molar-refractivity contribution in [3.63, 3.8) is 0 Å². The minimum atomic E-state index is -0.695. The molecule has 0 aliphatic heterocycles. The molecule has 36 heavy (non-hydrogen) atoms. The highest BCUT2D eigenvalue weighted by Gasteiger charge is 2.24. The average molecular weight is 496 g/mol. The van der Waals surface area contributed by atoms with Crippen LogP contribution >= 0.6 is 0 Å². The van der Waals surface area contributed by atoms with Crippen LogP contribution in [0.1, 0.15) is 52.3 Å². The fourth-order valence-electron chi connectivity index (χ4n) is 3.40. The van der Waals surface area contributed by atoms with Crippen LogP contribution in [0.5, 0.6) is 0 Å². The first-order chi connectivity index (χ1) is 17.0. The van der Waals surface area contributed by atoms with Crippen LogP contribution in [0.4, 0.5) is 26.5 Å². The molecule has 0 spiro atoms. The maximum atomic E-state index is 14.8. The number of aryl methyl sites for hydroxylation is 1. The molecule has 0 radical (unpaired) electrons. The zero-order valence-electron chi connectivity index (χ0n) is 21.1. The summed E-state index contributed by atoms with van der Waals surface area (Å²) in [6.07, 6.45) is 4.68. The van der Waals surface area contributed by atoms with Crippen molar-refractivity contribution in [1.29, 1.82) is 5.26 Å². The Morgan fingerprint density at radius 1 is 1.25 bits per heavy atom. The van der Waals surface area contributed by atoms with Gasteiger partial charge in [-0.3, -0.25) is 4.98 Å². The number of nitrogens with one attached hydrogen (secondary N) is 3. The number of carbonyl (C=O) groups is 1. The van der Waals surface area contributed by atoms with Gasteiger partial charge in [0.2, 0.25) is 0 Å². The summed E-state index contributed by atoms with van der Waals surface area (Å²) in [6, 6.07) is 4.05. The molecule has 11 nitrogen and oxygen atoms in total. The molecule has 1 amide bonds. The van der Waals surface area contributed by atoms with E-state index in [1.54, 1.807) is 52.4 Å². The van der Waals surface area contributed by atoms with Crippen molar-refractivity contribution in [2.75, 3.05) is 10.6 Å². The van der Waals surface area contributed by atoms with Gasteiger partial charge in [-0.15, -0.1) is 4.80 Å². The number of amides is 1. The second-order valence-corrected chi connectivity index (χ2v) is 9.19. The zero-order chi connectivity index (χ0) is 26.5. The highest BCUT2D eigenvalue weighted by Crippen LogP contribution is 2.25. The van der Waals surface area contributed by atoms with Crippen LogP contribution in [0.2, 0.25) is 0 Å². The summed E-state index contributed by atoms with van der Waals surface area (Å²) in [5.74, 6) is -0.617. The number of hydrogen-bond acceptors (Lipinski definition) is 9. The lowest BCUT2D eigenvalue weighted by Crippen LogP contribution is -2.47. The predicted octanol–water partition coefficient (Wildman–Crippen LogP) is 4.22. The zero-order valence-corrected chi connectivity index (χ0v) is 21.1. The Labute approximate surface area is 209 Å². The molecular weight excluding hydrogens is 465 g/mol. The number of halogens is 1. The highest BCUT2D eigenvalue weighted by atomic mass is 19.1. The van der Waals surface area contributed by atoms with Crippen molar-refractivity contribution in [1.82, 2.24) is 30.3 Å². The normalized spacial score (nSPS) is 12.8. The second kappa shape index (κ2) is 11.0. The number of anilines is 3. The minimum absolute atomic E-state index is 0.0176. The number of nitriles is 1. The lowest BCUT2D eigenvalue weighted by molar-refractivity contribution is 0.0498. The van der Waals surface area contributed by atoms with Crippen LogP contribution in [0, 0.1) is 24.1 Å². The topological polar surface area (TPSA) is 143 Å². The number of rotatable bonds is 8. The van der Waals surface area contributed by atoms with E-state index in [-0.39, 0.29) is 23.2 Å². The Morgan fingerprint density at radius 2 is 1.94 bits per heavy atom. The Bertz CT molecular complexity index is 1250. The van der Waals surface area contributed by atoms with Gasteiger partial charge in [0.25, 0.3) is 0 Å².